The van der Waals surface area contributed by atoms with Gasteiger partial charge in [-0.05, 0) is 43.2 Å². The molecule has 7 nitrogen and oxygen atoms in total. The van der Waals surface area contributed by atoms with Crippen LogP contribution in [0.1, 0.15) is 11.1 Å². The normalized spacial score (nSPS) is 19.2. The van der Waals surface area contributed by atoms with Crippen molar-refractivity contribution in [2.24, 2.45) is 10.9 Å². The molecule has 27 heavy (non-hydrogen) atoms. The predicted molar refractivity (Wildman–Crippen MR) is 106 cm³/mol. The van der Waals surface area contributed by atoms with E-state index in [0.29, 0.717) is 10.7 Å². The van der Waals surface area contributed by atoms with Gasteiger partial charge in [0.25, 0.3) is 5.84 Å². The average Bonchev–Trinajstić information content (AvgIpc) is 2.61. The van der Waals surface area contributed by atoms with Gasteiger partial charge in [-0.15, -0.1) is 16.8 Å². The lowest BCUT2D eigenvalue weighted by Gasteiger charge is -2.26. The summed E-state index contributed by atoms with van der Waals surface area (Å²) in [6.45, 7) is 3.95. The van der Waals surface area contributed by atoms with Crippen molar-refractivity contribution in [1.82, 2.24) is 4.90 Å². The fourth-order valence-electron chi connectivity index (χ4n) is 3.13. The number of aryl methyl sites for hydroxylation is 2. The monoisotopic (exact) mass is 385 g/mol. The number of hydrogen-bond acceptors (Lipinski definition) is 5. The highest BCUT2D eigenvalue weighted by atomic mass is 32.2. The average molecular weight is 385 g/mol. The van der Waals surface area contributed by atoms with Crippen LogP contribution < -0.4 is 5.32 Å². The fourth-order valence-corrected chi connectivity index (χ4v) is 4.03. The molecule has 0 bridgehead atoms. The lowest BCUT2D eigenvalue weighted by atomic mass is 10.0. The van der Waals surface area contributed by atoms with Crippen LogP contribution in [0.2, 0.25) is 0 Å². The Bertz CT molecular complexity index is 913. The van der Waals surface area contributed by atoms with E-state index in [1.54, 1.807) is 19.3 Å². The van der Waals surface area contributed by atoms with Gasteiger partial charge in [-0.25, -0.2) is 4.79 Å². The number of benzene rings is 1. The molecule has 140 valence electrons. The molecule has 2 aliphatic rings. The van der Waals surface area contributed by atoms with E-state index in [-0.39, 0.29) is 17.6 Å². The summed E-state index contributed by atoms with van der Waals surface area (Å²) in [6, 6.07) is 5.45. The van der Waals surface area contributed by atoms with E-state index in [0.717, 1.165) is 21.7 Å². The van der Waals surface area contributed by atoms with Crippen molar-refractivity contribution in [1.29, 1.82) is 0 Å². The summed E-state index contributed by atoms with van der Waals surface area (Å²) in [6.07, 6.45) is 3.27. The Labute approximate surface area is 161 Å². The molecule has 0 aliphatic carbocycles. The van der Waals surface area contributed by atoms with Crippen LogP contribution in [0.25, 0.3) is 0 Å². The smallest absolute Gasteiger partial charge is 0.325 e. The number of amides is 4. The summed E-state index contributed by atoms with van der Waals surface area (Å²) in [5, 5.41) is 2.88. The second kappa shape index (κ2) is 7.48. The first-order valence-corrected chi connectivity index (χ1v) is 9.44. The molecule has 2 heterocycles. The molecule has 0 aromatic heterocycles. The molecule has 1 aromatic rings. The van der Waals surface area contributed by atoms with Crippen LogP contribution in [-0.4, -0.2) is 59.2 Å². The van der Waals surface area contributed by atoms with Gasteiger partial charge in [0.1, 0.15) is 6.21 Å². The highest BCUT2D eigenvalue weighted by Crippen LogP contribution is 2.31. The van der Waals surface area contributed by atoms with Gasteiger partial charge in [-0.3, -0.25) is 9.59 Å². The fraction of sp³-hybridized carbons (Fsp3) is 0.316. The molecule has 1 aromatic carbocycles. The summed E-state index contributed by atoms with van der Waals surface area (Å²) >= 11 is 1.28. The molecule has 0 radical (unpaired) electrons. The Morgan fingerprint density at radius 1 is 1.26 bits per heavy atom. The number of fused-ring (bicyclic) bond motifs is 1. The van der Waals surface area contributed by atoms with E-state index in [2.05, 4.69) is 10.3 Å². The maximum atomic E-state index is 12.6. The lowest BCUT2D eigenvalue weighted by molar-refractivity contribution is -0.407. The predicted octanol–water partition coefficient (Wildman–Crippen LogP) is 2.19. The number of carbonyl (C=O) groups excluding carboxylic acids is 3. The van der Waals surface area contributed by atoms with Crippen molar-refractivity contribution in [2.45, 2.75) is 13.8 Å². The highest BCUT2D eigenvalue weighted by molar-refractivity contribution is 8.03. The number of nitrogens with one attached hydrogen (secondary N) is 1. The number of dihydropyridines is 1. The number of amidine groups is 1. The molecule has 1 atom stereocenters. The number of imide groups is 1. The minimum absolute atomic E-state index is 0.156. The zero-order chi connectivity index (χ0) is 19.7. The molecule has 0 saturated carbocycles. The third-order valence-corrected chi connectivity index (χ3v) is 5.47. The minimum atomic E-state index is -0.651. The molecule has 1 unspecified atom stereocenters. The second-order valence-corrected chi connectivity index (χ2v) is 7.64. The maximum absolute atomic E-state index is 12.6. The number of allylic oxidation sites excluding steroid dienone is 1. The van der Waals surface area contributed by atoms with E-state index >= 15 is 0 Å². The second-order valence-electron chi connectivity index (χ2n) is 6.59. The third-order valence-electron chi connectivity index (χ3n) is 4.36. The van der Waals surface area contributed by atoms with E-state index < -0.39 is 11.9 Å². The third kappa shape index (κ3) is 3.85. The van der Waals surface area contributed by atoms with Crippen molar-refractivity contribution in [3.63, 3.8) is 0 Å². The molecule has 4 amide bonds. The van der Waals surface area contributed by atoms with Crippen molar-refractivity contribution in [3.05, 3.63) is 40.3 Å². The first kappa shape index (κ1) is 19.0. The van der Waals surface area contributed by atoms with Crippen molar-refractivity contribution in [2.75, 3.05) is 25.2 Å². The van der Waals surface area contributed by atoms with Gasteiger partial charge >= 0.3 is 11.9 Å². The van der Waals surface area contributed by atoms with Crippen LogP contribution >= 0.6 is 11.8 Å². The van der Waals surface area contributed by atoms with Gasteiger partial charge < -0.3 is 5.32 Å². The number of urea groups is 1. The van der Waals surface area contributed by atoms with Crippen LogP contribution in [-0.2, 0) is 9.59 Å². The zero-order valence-electron chi connectivity index (χ0n) is 15.6. The Morgan fingerprint density at radius 3 is 2.59 bits per heavy atom. The Hall–Kier alpha value is -2.74. The largest absolute Gasteiger partial charge is 0.445 e. The molecule has 2 aliphatic heterocycles. The molecule has 0 spiro atoms. The van der Waals surface area contributed by atoms with Crippen LogP contribution in [0, 0.1) is 19.8 Å². The molecular formula is C19H21N4O3S+. The first-order chi connectivity index (χ1) is 12.8. The molecule has 1 N–H and O–H groups in total. The van der Waals surface area contributed by atoms with Gasteiger partial charge in [0.15, 0.2) is 5.92 Å². The van der Waals surface area contributed by atoms with Crippen LogP contribution in [0.15, 0.2) is 34.2 Å². The Morgan fingerprint density at radius 2 is 1.93 bits per heavy atom. The first-order valence-electron chi connectivity index (χ1n) is 8.45. The quantitative estimate of drug-likeness (QED) is 0.806. The minimum Gasteiger partial charge on any atom is -0.325 e. The van der Waals surface area contributed by atoms with E-state index in [9.17, 15) is 14.4 Å². The number of nitrogens with zero attached hydrogens (tertiary/aromatic N) is 3. The van der Waals surface area contributed by atoms with Crippen LogP contribution in [0.4, 0.5) is 10.5 Å². The van der Waals surface area contributed by atoms with Gasteiger partial charge in [0, 0.05) is 10.6 Å². The number of anilines is 1. The topological polar surface area (TPSA) is 81.8 Å². The highest BCUT2D eigenvalue weighted by Gasteiger charge is 2.47. The zero-order valence-corrected chi connectivity index (χ0v) is 16.5. The van der Waals surface area contributed by atoms with Crippen molar-refractivity contribution < 1.29 is 19.0 Å². The molecule has 0 fully saturated rings. The SMILES string of the molecule is Cc1cc(C)cc(NC(=O)CSC2=CC=NC3=[N+](C)C(=O)N(C)C(=O)C23)c1. The Balaban J connectivity index is 1.71. The number of aliphatic imine (C=N–C) groups is 1. The summed E-state index contributed by atoms with van der Waals surface area (Å²) in [4.78, 5) is 42.9. The van der Waals surface area contributed by atoms with Gasteiger partial charge in [0.2, 0.25) is 5.91 Å². The number of carbonyl (C=O) groups is 3. The summed E-state index contributed by atoms with van der Waals surface area (Å²) in [5.41, 5.74) is 2.90. The maximum Gasteiger partial charge on any atom is 0.445 e. The molecule has 0 saturated heterocycles. The van der Waals surface area contributed by atoms with E-state index in [1.165, 1.54) is 23.4 Å². The number of hydrogen-bond donors (Lipinski definition) is 1. The van der Waals surface area contributed by atoms with Crippen molar-refractivity contribution in [3.8, 4) is 0 Å². The number of rotatable bonds is 4. The Kier molecular flexibility index (Phi) is 5.27. The van der Waals surface area contributed by atoms with Crippen molar-refractivity contribution >= 4 is 47.3 Å². The molecular weight excluding hydrogens is 364 g/mol. The van der Waals surface area contributed by atoms with Gasteiger partial charge in [-0.2, -0.15) is 9.48 Å². The summed E-state index contributed by atoms with van der Waals surface area (Å²) in [7, 11) is 3.04. The molecule has 3 rings (SSSR count). The van der Waals surface area contributed by atoms with Crippen LogP contribution in [0.3, 0.4) is 0 Å². The molecule has 8 heteroatoms. The summed E-state index contributed by atoms with van der Waals surface area (Å²) in [5.74, 6) is -0.593. The van der Waals surface area contributed by atoms with Gasteiger partial charge in [-0.1, -0.05) is 6.07 Å². The number of thioether (sulfide) groups is 1. The van der Waals surface area contributed by atoms with E-state index in [4.69, 9.17) is 0 Å². The standard InChI is InChI=1S/C19H20N4O3S/c1-11-7-12(2)9-13(8-11)21-15(24)10-27-14-5-6-20-17-16(14)18(25)23(4)19(26)22(17)3/h5-9,16H,10H2,1-4H3/p+1. The van der Waals surface area contributed by atoms with Gasteiger partial charge in [0.05, 0.1) is 19.8 Å². The van der Waals surface area contributed by atoms with Crippen LogP contribution in [0.5, 0.6) is 0 Å². The summed E-state index contributed by atoms with van der Waals surface area (Å²) < 4.78 is 1.37. The van der Waals surface area contributed by atoms with E-state index in [1.807, 2.05) is 32.0 Å². The lowest BCUT2D eigenvalue weighted by Crippen LogP contribution is -2.52.